The number of ketones is 1. The number of Topliss-reactive ketones (excluding diaryl/α,β-unsaturated/α-hetero) is 1. The van der Waals surface area contributed by atoms with Crippen LogP contribution in [-0.4, -0.2) is 29.4 Å². The third kappa shape index (κ3) is 4.84. The van der Waals surface area contributed by atoms with Crippen LogP contribution in [0, 0.1) is 12.7 Å². The molecule has 1 atom stereocenters. The number of esters is 1. The summed E-state index contributed by atoms with van der Waals surface area (Å²) in [6.45, 7) is 3.90. The number of benzene rings is 3. The topological polar surface area (TPSA) is 83.9 Å². The lowest BCUT2D eigenvalue weighted by Crippen LogP contribution is -2.29. The van der Waals surface area contributed by atoms with Crippen LogP contribution in [-0.2, 0) is 25.5 Å². The SMILES string of the molecule is CCOC(=O)Cc1ccc(N2C(=O)C(=O)/C(=C(\O)c3ccc(F)cc3)C2c2cccc(C)c2)cc1. The molecule has 1 aliphatic rings. The summed E-state index contributed by atoms with van der Waals surface area (Å²) in [6.07, 6.45) is 0.0822. The summed E-state index contributed by atoms with van der Waals surface area (Å²) in [4.78, 5) is 39.5. The van der Waals surface area contributed by atoms with Gasteiger partial charge in [-0.15, -0.1) is 0 Å². The molecule has 0 aromatic heterocycles. The minimum Gasteiger partial charge on any atom is -0.507 e. The highest BCUT2D eigenvalue weighted by Gasteiger charge is 2.47. The predicted molar refractivity (Wildman–Crippen MR) is 129 cm³/mol. The van der Waals surface area contributed by atoms with E-state index < -0.39 is 23.5 Å². The summed E-state index contributed by atoms with van der Waals surface area (Å²) in [5, 5.41) is 11.1. The van der Waals surface area contributed by atoms with Crippen molar-refractivity contribution in [2.75, 3.05) is 11.5 Å². The van der Waals surface area contributed by atoms with Crippen LogP contribution in [0.25, 0.3) is 5.76 Å². The van der Waals surface area contributed by atoms with Crippen LogP contribution in [0.15, 0.2) is 78.4 Å². The third-order valence-corrected chi connectivity index (χ3v) is 5.79. The third-order valence-electron chi connectivity index (χ3n) is 5.79. The first kappa shape index (κ1) is 23.9. The number of halogens is 1. The smallest absolute Gasteiger partial charge is 0.310 e. The van der Waals surface area contributed by atoms with Crippen molar-refractivity contribution in [1.29, 1.82) is 0 Å². The maximum atomic E-state index is 13.4. The Bertz CT molecular complexity index is 1310. The van der Waals surface area contributed by atoms with Crippen LogP contribution in [0.5, 0.6) is 0 Å². The fraction of sp³-hybridized carbons (Fsp3) is 0.179. The van der Waals surface area contributed by atoms with Gasteiger partial charge in [0.05, 0.1) is 24.6 Å². The number of hydrogen-bond donors (Lipinski definition) is 1. The van der Waals surface area contributed by atoms with Gasteiger partial charge in [-0.3, -0.25) is 19.3 Å². The fourth-order valence-electron chi connectivity index (χ4n) is 4.17. The molecule has 3 aromatic carbocycles. The number of aliphatic hydroxyl groups is 1. The molecule has 0 aliphatic carbocycles. The molecule has 0 radical (unpaired) electrons. The molecule has 1 aliphatic heterocycles. The van der Waals surface area contributed by atoms with Gasteiger partial charge in [-0.25, -0.2) is 4.39 Å². The minimum absolute atomic E-state index is 0.0807. The highest BCUT2D eigenvalue weighted by atomic mass is 19.1. The van der Waals surface area contributed by atoms with Crippen LogP contribution < -0.4 is 4.90 Å². The molecule has 35 heavy (non-hydrogen) atoms. The Hall–Kier alpha value is -4.26. The van der Waals surface area contributed by atoms with Crippen molar-refractivity contribution < 1.29 is 28.6 Å². The lowest BCUT2D eigenvalue weighted by Gasteiger charge is -2.26. The number of aliphatic hydroxyl groups excluding tert-OH is 1. The molecule has 6 nitrogen and oxygen atoms in total. The van der Waals surface area contributed by atoms with Gasteiger partial charge in [0.2, 0.25) is 0 Å². The van der Waals surface area contributed by atoms with Gasteiger partial charge in [-0.2, -0.15) is 0 Å². The van der Waals surface area contributed by atoms with Crippen LogP contribution in [0.2, 0.25) is 0 Å². The maximum absolute atomic E-state index is 13.4. The van der Waals surface area contributed by atoms with E-state index in [0.717, 1.165) is 5.56 Å². The molecule has 0 spiro atoms. The summed E-state index contributed by atoms with van der Waals surface area (Å²) in [5.41, 5.74) is 2.84. The van der Waals surface area contributed by atoms with Crippen LogP contribution in [0.3, 0.4) is 0 Å². The zero-order chi connectivity index (χ0) is 25.1. The van der Waals surface area contributed by atoms with Crippen LogP contribution in [0.1, 0.15) is 35.2 Å². The van der Waals surface area contributed by atoms with Crippen molar-refractivity contribution >= 4 is 29.1 Å². The van der Waals surface area contributed by atoms with Gasteiger partial charge in [0.1, 0.15) is 11.6 Å². The molecule has 0 bridgehead atoms. The second-order valence-corrected chi connectivity index (χ2v) is 8.24. The molecule has 7 heteroatoms. The Labute approximate surface area is 202 Å². The molecule has 1 amide bonds. The fourth-order valence-corrected chi connectivity index (χ4v) is 4.17. The molecule has 3 aromatic rings. The molecule has 1 fully saturated rings. The maximum Gasteiger partial charge on any atom is 0.310 e. The van der Waals surface area contributed by atoms with Gasteiger partial charge >= 0.3 is 5.97 Å². The number of nitrogens with zero attached hydrogens (tertiary/aromatic N) is 1. The molecule has 0 saturated carbocycles. The lowest BCUT2D eigenvalue weighted by atomic mass is 9.94. The van der Waals surface area contributed by atoms with E-state index in [0.29, 0.717) is 16.8 Å². The predicted octanol–water partition coefficient (Wildman–Crippen LogP) is 4.87. The first-order chi connectivity index (χ1) is 16.8. The average molecular weight is 474 g/mol. The van der Waals surface area contributed by atoms with Crippen molar-refractivity contribution in [1.82, 2.24) is 0 Å². The van der Waals surface area contributed by atoms with Gasteiger partial charge in [-0.1, -0.05) is 42.0 Å². The number of carbonyl (C=O) groups is 3. The second-order valence-electron chi connectivity index (χ2n) is 8.24. The van der Waals surface area contributed by atoms with Crippen molar-refractivity contribution in [2.45, 2.75) is 26.3 Å². The van der Waals surface area contributed by atoms with Crippen LogP contribution in [0.4, 0.5) is 10.1 Å². The van der Waals surface area contributed by atoms with E-state index in [1.807, 2.05) is 25.1 Å². The molecule has 1 unspecified atom stereocenters. The standard InChI is InChI=1S/C28H24FNO5/c1-3-35-23(31)16-18-7-13-22(14-8-18)30-25(20-6-4-5-17(2)15-20)24(27(33)28(30)34)26(32)19-9-11-21(29)12-10-19/h4-15,25,32H,3,16H2,1-2H3/b26-24-. The largest absolute Gasteiger partial charge is 0.507 e. The number of hydrogen-bond acceptors (Lipinski definition) is 5. The van der Waals surface area contributed by atoms with Crippen LogP contribution >= 0.6 is 0 Å². The Balaban J connectivity index is 1.81. The van der Waals surface area contributed by atoms with E-state index in [9.17, 15) is 23.9 Å². The molecule has 1 heterocycles. The summed E-state index contributed by atoms with van der Waals surface area (Å²) < 4.78 is 18.4. The van der Waals surface area contributed by atoms with Crippen molar-refractivity contribution in [2.24, 2.45) is 0 Å². The highest BCUT2D eigenvalue weighted by Crippen LogP contribution is 2.42. The average Bonchev–Trinajstić information content (AvgIpc) is 3.10. The zero-order valence-corrected chi connectivity index (χ0v) is 19.3. The Morgan fingerprint density at radius 3 is 2.34 bits per heavy atom. The highest BCUT2D eigenvalue weighted by molar-refractivity contribution is 6.51. The number of amides is 1. The molecule has 1 N–H and O–H groups in total. The first-order valence-corrected chi connectivity index (χ1v) is 11.2. The van der Waals surface area contributed by atoms with Gasteiger partial charge < -0.3 is 9.84 Å². The Morgan fingerprint density at radius 2 is 1.71 bits per heavy atom. The Morgan fingerprint density at radius 1 is 1.03 bits per heavy atom. The summed E-state index contributed by atoms with van der Waals surface area (Å²) in [5.74, 6) is -2.86. The Kier molecular flexibility index (Phi) is 6.78. The number of aryl methyl sites for hydroxylation is 1. The quantitative estimate of drug-likeness (QED) is 0.239. The number of anilines is 1. The zero-order valence-electron chi connectivity index (χ0n) is 19.3. The first-order valence-electron chi connectivity index (χ1n) is 11.2. The number of ether oxygens (including phenoxy) is 1. The van der Waals surface area contributed by atoms with Crippen molar-refractivity contribution in [3.63, 3.8) is 0 Å². The van der Waals surface area contributed by atoms with Crippen molar-refractivity contribution in [3.8, 4) is 0 Å². The van der Waals surface area contributed by atoms with E-state index in [-0.39, 0.29) is 35.9 Å². The summed E-state index contributed by atoms with van der Waals surface area (Å²) >= 11 is 0. The molecule has 1 saturated heterocycles. The van der Waals surface area contributed by atoms with E-state index in [2.05, 4.69) is 0 Å². The molecular formula is C28H24FNO5. The second kappa shape index (κ2) is 9.93. The van der Waals surface area contributed by atoms with Gasteiger partial charge in [0, 0.05) is 11.3 Å². The normalized spacial score (nSPS) is 17.0. The van der Waals surface area contributed by atoms with E-state index in [4.69, 9.17) is 4.74 Å². The van der Waals surface area contributed by atoms with Gasteiger partial charge in [0.25, 0.3) is 11.7 Å². The minimum atomic E-state index is -0.893. The monoisotopic (exact) mass is 473 g/mol. The van der Waals surface area contributed by atoms with E-state index in [1.54, 1.807) is 37.3 Å². The van der Waals surface area contributed by atoms with E-state index >= 15 is 0 Å². The summed E-state index contributed by atoms with van der Waals surface area (Å²) in [6, 6.07) is 18.2. The van der Waals surface area contributed by atoms with Crippen molar-refractivity contribution in [3.05, 3.63) is 106 Å². The molecular weight excluding hydrogens is 449 g/mol. The number of carbonyl (C=O) groups excluding carboxylic acids is 3. The van der Waals surface area contributed by atoms with Gasteiger partial charge in [-0.05, 0) is 61.4 Å². The van der Waals surface area contributed by atoms with E-state index in [1.165, 1.54) is 29.2 Å². The summed E-state index contributed by atoms with van der Waals surface area (Å²) in [7, 11) is 0. The number of rotatable bonds is 6. The molecule has 178 valence electrons. The van der Waals surface area contributed by atoms with Gasteiger partial charge in [0.15, 0.2) is 0 Å². The molecule has 4 rings (SSSR count). The lowest BCUT2D eigenvalue weighted by molar-refractivity contribution is -0.142.